The lowest BCUT2D eigenvalue weighted by Crippen LogP contribution is -2.37. The molecule has 0 saturated heterocycles. The maximum Gasteiger partial charge on any atom is 0.405 e. The van der Waals surface area contributed by atoms with Gasteiger partial charge in [-0.05, 0) is 6.07 Å². The van der Waals surface area contributed by atoms with Crippen LogP contribution in [0.5, 0.6) is 0 Å². The lowest BCUT2D eigenvalue weighted by atomic mass is 9.92. The second-order valence-electron chi connectivity index (χ2n) is 6.05. The third kappa shape index (κ3) is 4.67. The zero-order valence-electron chi connectivity index (χ0n) is 13.3. The second kappa shape index (κ2) is 6.46. The van der Waals surface area contributed by atoms with Gasteiger partial charge in [-0.2, -0.15) is 23.0 Å². The molecule has 24 heavy (non-hydrogen) atoms. The lowest BCUT2D eigenvalue weighted by Gasteiger charge is -2.13. The highest BCUT2D eigenvalue weighted by Crippen LogP contribution is 2.25. The van der Waals surface area contributed by atoms with Crippen LogP contribution in [0.25, 0.3) is 5.95 Å². The summed E-state index contributed by atoms with van der Waals surface area (Å²) in [5.41, 5.74) is 0.292. The van der Waals surface area contributed by atoms with Crippen molar-refractivity contribution >= 4 is 11.8 Å². The van der Waals surface area contributed by atoms with Crippen molar-refractivity contribution in [3.63, 3.8) is 0 Å². The number of carbonyl (C=O) groups excluding carboxylic acids is 1. The van der Waals surface area contributed by atoms with E-state index in [0.717, 1.165) is 0 Å². The fraction of sp³-hybridized carbons (Fsp3) is 0.429. The standard InChI is InChI=1S/C14H17F3N6O/c1-13(2,3)9-7-10(21-12(24)20-8-14(15,16)17)23(22-9)11-18-5-4-6-19-11/h4-7H,8H2,1-3H3,(H2,20,21,24). The SMILES string of the molecule is CC(C)(C)c1cc(NC(=O)NCC(F)(F)F)n(-c2ncccn2)n1. The van der Waals surface area contributed by atoms with E-state index >= 15 is 0 Å². The average molecular weight is 342 g/mol. The van der Waals surface area contributed by atoms with Gasteiger partial charge >= 0.3 is 12.2 Å². The average Bonchev–Trinajstić information content (AvgIpc) is 2.89. The van der Waals surface area contributed by atoms with Gasteiger partial charge in [0.2, 0.25) is 0 Å². The molecule has 0 spiro atoms. The molecule has 0 aliphatic heterocycles. The highest BCUT2D eigenvalue weighted by Gasteiger charge is 2.28. The lowest BCUT2D eigenvalue weighted by molar-refractivity contribution is -0.122. The number of aromatic nitrogens is 4. The molecule has 2 aromatic heterocycles. The van der Waals surface area contributed by atoms with Crippen LogP contribution in [-0.2, 0) is 5.41 Å². The van der Waals surface area contributed by atoms with E-state index in [-0.39, 0.29) is 17.2 Å². The Hall–Kier alpha value is -2.65. The number of nitrogens with one attached hydrogen (secondary N) is 2. The van der Waals surface area contributed by atoms with E-state index in [1.54, 1.807) is 17.4 Å². The van der Waals surface area contributed by atoms with E-state index in [0.29, 0.717) is 5.69 Å². The van der Waals surface area contributed by atoms with E-state index < -0.39 is 18.8 Å². The summed E-state index contributed by atoms with van der Waals surface area (Å²) in [4.78, 5) is 19.8. The summed E-state index contributed by atoms with van der Waals surface area (Å²) in [6, 6.07) is 2.19. The summed E-state index contributed by atoms with van der Waals surface area (Å²) in [6.07, 6.45) is -1.50. The monoisotopic (exact) mass is 342 g/mol. The van der Waals surface area contributed by atoms with E-state index in [9.17, 15) is 18.0 Å². The largest absolute Gasteiger partial charge is 0.405 e. The Labute approximate surface area is 136 Å². The fourth-order valence-electron chi connectivity index (χ4n) is 1.73. The van der Waals surface area contributed by atoms with Crippen LogP contribution in [0.3, 0.4) is 0 Å². The summed E-state index contributed by atoms with van der Waals surface area (Å²) >= 11 is 0. The van der Waals surface area contributed by atoms with Crippen LogP contribution in [0.4, 0.5) is 23.8 Å². The fourth-order valence-corrected chi connectivity index (χ4v) is 1.73. The van der Waals surface area contributed by atoms with Crippen LogP contribution in [-0.4, -0.2) is 38.5 Å². The van der Waals surface area contributed by atoms with E-state index in [1.165, 1.54) is 17.1 Å². The molecule has 0 atom stereocenters. The van der Waals surface area contributed by atoms with E-state index in [2.05, 4.69) is 20.4 Å². The van der Waals surface area contributed by atoms with Crippen molar-refractivity contribution < 1.29 is 18.0 Å². The normalized spacial score (nSPS) is 12.1. The molecule has 0 aliphatic rings. The Morgan fingerprint density at radius 3 is 2.38 bits per heavy atom. The van der Waals surface area contributed by atoms with Crippen molar-refractivity contribution in [3.05, 3.63) is 30.2 Å². The van der Waals surface area contributed by atoms with Crippen molar-refractivity contribution in [1.29, 1.82) is 0 Å². The molecular formula is C14H17F3N6O. The number of rotatable bonds is 3. The van der Waals surface area contributed by atoms with Gasteiger partial charge in [-0.15, -0.1) is 0 Å². The highest BCUT2D eigenvalue weighted by molar-refractivity contribution is 5.88. The van der Waals surface area contributed by atoms with Crippen LogP contribution in [0.1, 0.15) is 26.5 Å². The Bertz CT molecular complexity index is 706. The smallest absolute Gasteiger partial charge is 0.329 e. The minimum absolute atomic E-state index is 0.172. The summed E-state index contributed by atoms with van der Waals surface area (Å²) in [7, 11) is 0. The van der Waals surface area contributed by atoms with Gasteiger partial charge < -0.3 is 5.32 Å². The third-order valence-electron chi connectivity index (χ3n) is 2.91. The number of alkyl halides is 3. The number of amides is 2. The molecule has 0 saturated carbocycles. The topological polar surface area (TPSA) is 84.7 Å². The Morgan fingerprint density at radius 2 is 1.83 bits per heavy atom. The van der Waals surface area contributed by atoms with Crippen molar-refractivity contribution in [2.24, 2.45) is 0 Å². The van der Waals surface area contributed by atoms with Crippen LogP contribution in [0.15, 0.2) is 24.5 Å². The summed E-state index contributed by atoms with van der Waals surface area (Å²) in [5.74, 6) is 0.366. The first-order valence-electron chi connectivity index (χ1n) is 7.06. The molecule has 0 aromatic carbocycles. The van der Waals surface area contributed by atoms with Gasteiger partial charge in [0, 0.05) is 23.9 Å². The molecule has 2 N–H and O–H groups in total. The quantitative estimate of drug-likeness (QED) is 0.898. The van der Waals surface area contributed by atoms with Gasteiger partial charge in [-0.3, -0.25) is 5.32 Å². The summed E-state index contributed by atoms with van der Waals surface area (Å²) < 4.78 is 37.8. The molecule has 10 heteroatoms. The first-order valence-corrected chi connectivity index (χ1v) is 7.06. The third-order valence-corrected chi connectivity index (χ3v) is 2.91. The molecule has 0 radical (unpaired) electrons. The number of hydrogen-bond donors (Lipinski definition) is 2. The first kappa shape index (κ1) is 17.7. The number of carbonyl (C=O) groups is 1. The van der Waals surface area contributed by atoms with Crippen LogP contribution in [0.2, 0.25) is 0 Å². The van der Waals surface area contributed by atoms with Gasteiger partial charge in [0.25, 0.3) is 5.95 Å². The number of halogens is 3. The van der Waals surface area contributed by atoms with Gasteiger partial charge in [-0.25, -0.2) is 14.8 Å². The molecule has 0 fully saturated rings. The minimum atomic E-state index is -4.49. The van der Waals surface area contributed by atoms with E-state index in [4.69, 9.17) is 0 Å². The maximum atomic E-state index is 12.2. The molecule has 7 nitrogen and oxygen atoms in total. The van der Waals surface area contributed by atoms with Crippen LogP contribution < -0.4 is 10.6 Å². The first-order chi connectivity index (χ1) is 11.1. The van der Waals surface area contributed by atoms with Crippen molar-refractivity contribution in [2.45, 2.75) is 32.4 Å². The van der Waals surface area contributed by atoms with Crippen molar-refractivity contribution in [3.8, 4) is 5.95 Å². The molecule has 2 amide bonds. The predicted molar refractivity (Wildman–Crippen MR) is 80.9 cm³/mol. The highest BCUT2D eigenvalue weighted by atomic mass is 19.4. The van der Waals surface area contributed by atoms with Gasteiger partial charge in [0.15, 0.2) is 0 Å². The molecular weight excluding hydrogens is 325 g/mol. The summed E-state index contributed by atoms with van der Waals surface area (Å²) in [6.45, 7) is 4.32. The number of anilines is 1. The molecule has 0 unspecified atom stereocenters. The Morgan fingerprint density at radius 1 is 1.21 bits per heavy atom. The van der Waals surface area contributed by atoms with Gasteiger partial charge in [0.1, 0.15) is 12.4 Å². The molecule has 0 aliphatic carbocycles. The number of hydrogen-bond acceptors (Lipinski definition) is 4. The van der Waals surface area contributed by atoms with Crippen LogP contribution >= 0.6 is 0 Å². The molecule has 130 valence electrons. The second-order valence-corrected chi connectivity index (χ2v) is 6.05. The molecule has 2 heterocycles. The maximum absolute atomic E-state index is 12.2. The molecule has 2 aromatic rings. The summed E-state index contributed by atoms with van der Waals surface area (Å²) in [5, 5.41) is 8.43. The number of nitrogens with zero attached hydrogens (tertiary/aromatic N) is 4. The van der Waals surface area contributed by atoms with Gasteiger partial charge in [0.05, 0.1) is 5.69 Å². The zero-order chi connectivity index (χ0) is 18.0. The number of urea groups is 1. The van der Waals surface area contributed by atoms with Crippen molar-refractivity contribution in [1.82, 2.24) is 25.1 Å². The predicted octanol–water partition coefficient (Wildman–Crippen LogP) is 2.64. The molecule has 0 bridgehead atoms. The zero-order valence-corrected chi connectivity index (χ0v) is 13.3. The minimum Gasteiger partial charge on any atom is -0.329 e. The van der Waals surface area contributed by atoms with Crippen molar-refractivity contribution in [2.75, 3.05) is 11.9 Å². The van der Waals surface area contributed by atoms with E-state index in [1.807, 2.05) is 20.8 Å². The Kier molecular flexibility index (Phi) is 4.76. The Balaban J connectivity index is 2.28. The van der Waals surface area contributed by atoms with Crippen LogP contribution in [0, 0.1) is 0 Å². The molecule has 2 rings (SSSR count). The van der Waals surface area contributed by atoms with Gasteiger partial charge in [-0.1, -0.05) is 20.8 Å².